The summed E-state index contributed by atoms with van der Waals surface area (Å²) in [5.41, 5.74) is 2.37. The van der Waals surface area contributed by atoms with Gasteiger partial charge < -0.3 is 15.0 Å². The molecule has 0 atom stereocenters. The molecule has 0 bridgehead atoms. The molecule has 2 aromatic carbocycles. The summed E-state index contributed by atoms with van der Waals surface area (Å²) < 4.78 is 5.10. The molecule has 0 unspecified atom stereocenters. The Morgan fingerprint density at radius 3 is 2.50 bits per heavy atom. The van der Waals surface area contributed by atoms with Crippen LogP contribution in [0.4, 0.5) is 5.69 Å². The molecule has 2 aromatic rings. The number of benzene rings is 2. The van der Waals surface area contributed by atoms with Crippen molar-refractivity contribution >= 4 is 29.3 Å². The summed E-state index contributed by atoms with van der Waals surface area (Å²) in [4.78, 5) is 26.6. The third-order valence-corrected chi connectivity index (χ3v) is 4.48. The number of rotatable bonds is 8. The molecule has 5 nitrogen and oxygen atoms in total. The molecular weight excluding hydrogens is 348 g/mol. The highest BCUT2D eigenvalue weighted by atomic mass is 32.2. The minimum Gasteiger partial charge on any atom is -0.497 e. The molecule has 0 radical (unpaired) electrons. The van der Waals surface area contributed by atoms with Crippen molar-refractivity contribution in [2.45, 2.75) is 12.7 Å². The predicted octanol–water partition coefficient (Wildman–Crippen LogP) is 3.66. The topological polar surface area (TPSA) is 58.6 Å². The van der Waals surface area contributed by atoms with Crippen molar-refractivity contribution in [1.82, 2.24) is 4.90 Å². The number of ether oxygens (including phenoxy) is 1. The molecule has 0 heterocycles. The number of thioether (sulfide) groups is 1. The minimum absolute atomic E-state index is 0.00805. The quantitative estimate of drug-likeness (QED) is 0.768. The molecule has 0 aliphatic rings. The van der Waals surface area contributed by atoms with E-state index in [0.29, 0.717) is 17.8 Å². The average Bonchev–Trinajstić information content (AvgIpc) is 2.66. The van der Waals surface area contributed by atoms with Crippen molar-refractivity contribution in [3.8, 4) is 5.75 Å². The van der Waals surface area contributed by atoms with E-state index in [4.69, 9.17) is 4.74 Å². The minimum atomic E-state index is -0.231. The van der Waals surface area contributed by atoms with E-state index in [1.54, 1.807) is 49.2 Å². The molecule has 138 valence electrons. The summed E-state index contributed by atoms with van der Waals surface area (Å²) in [5, 5.41) is 2.80. The summed E-state index contributed by atoms with van der Waals surface area (Å²) in [6.45, 7) is 2.33. The van der Waals surface area contributed by atoms with Crippen LogP contribution < -0.4 is 10.1 Å². The predicted molar refractivity (Wildman–Crippen MR) is 107 cm³/mol. The number of anilines is 1. The number of likely N-dealkylation sites (N-methyl/N-ethyl adjacent to an activating group) is 1. The molecule has 0 aliphatic carbocycles. The molecular formula is C20H24N2O3S. The molecule has 0 aromatic heterocycles. The fourth-order valence-electron chi connectivity index (χ4n) is 2.52. The van der Waals surface area contributed by atoms with Gasteiger partial charge in [-0.25, -0.2) is 0 Å². The molecule has 0 spiro atoms. The summed E-state index contributed by atoms with van der Waals surface area (Å²) in [6.07, 6.45) is 2.02. The molecule has 0 saturated carbocycles. The van der Waals surface area contributed by atoms with Crippen LogP contribution in [0.2, 0.25) is 0 Å². The first-order valence-electron chi connectivity index (χ1n) is 8.38. The molecule has 26 heavy (non-hydrogen) atoms. The van der Waals surface area contributed by atoms with Gasteiger partial charge in [-0.3, -0.25) is 9.59 Å². The third kappa shape index (κ3) is 5.52. The maximum Gasteiger partial charge on any atom is 0.254 e. The summed E-state index contributed by atoms with van der Waals surface area (Å²) in [5.74, 6) is 1.20. The first-order chi connectivity index (χ1) is 12.6. The standard InChI is InChI=1S/C20H24N2O3S/c1-4-22(20(24)16-7-5-6-15(12-16)14-26-3)13-19(23)21-17-8-10-18(25-2)11-9-17/h5-12H,4,13-14H2,1-3H3,(H,21,23). The third-order valence-electron chi connectivity index (χ3n) is 3.86. The molecule has 1 N–H and O–H groups in total. The average molecular weight is 372 g/mol. The molecule has 6 heteroatoms. The van der Waals surface area contributed by atoms with Crippen LogP contribution in [0.25, 0.3) is 0 Å². The van der Waals surface area contributed by atoms with Gasteiger partial charge in [-0.2, -0.15) is 11.8 Å². The highest BCUT2D eigenvalue weighted by Crippen LogP contribution is 2.16. The lowest BCUT2D eigenvalue weighted by Gasteiger charge is -2.21. The number of carbonyl (C=O) groups is 2. The number of hydrogen-bond donors (Lipinski definition) is 1. The van der Waals surface area contributed by atoms with Gasteiger partial charge in [0, 0.05) is 23.5 Å². The fourth-order valence-corrected chi connectivity index (χ4v) is 3.03. The van der Waals surface area contributed by atoms with Gasteiger partial charge in [0.25, 0.3) is 5.91 Å². The lowest BCUT2D eigenvalue weighted by Crippen LogP contribution is -2.37. The second-order valence-electron chi connectivity index (χ2n) is 5.73. The van der Waals surface area contributed by atoms with E-state index in [1.807, 2.05) is 31.4 Å². The van der Waals surface area contributed by atoms with E-state index in [-0.39, 0.29) is 18.4 Å². The first-order valence-corrected chi connectivity index (χ1v) is 9.77. The van der Waals surface area contributed by atoms with E-state index >= 15 is 0 Å². The van der Waals surface area contributed by atoms with E-state index in [0.717, 1.165) is 17.1 Å². The molecule has 0 fully saturated rings. The van der Waals surface area contributed by atoms with Crippen LogP contribution in [0, 0.1) is 0 Å². The van der Waals surface area contributed by atoms with Gasteiger partial charge in [-0.05, 0) is 55.1 Å². The Morgan fingerprint density at radius 1 is 1.15 bits per heavy atom. The SMILES string of the molecule is CCN(CC(=O)Nc1ccc(OC)cc1)C(=O)c1cccc(CSC)c1. The number of nitrogens with one attached hydrogen (secondary N) is 1. The fraction of sp³-hybridized carbons (Fsp3) is 0.300. The van der Waals surface area contributed by atoms with Crippen LogP contribution in [0.15, 0.2) is 48.5 Å². The number of amides is 2. The second kappa shape index (κ2) is 9.87. The van der Waals surface area contributed by atoms with Crippen LogP contribution in [0.5, 0.6) is 5.75 Å². The summed E-state index contributed by atoms with van der Waals surface area (Å²) in [6, 6.07) is 14.6. The van der Waals surface area contributed by atoms with E-state index < -0.39 is 0 Å². The molecule has 2 rings (SSSR count). The van der Waals surface area contributed by atoms with E-state index in [1.165, 1.54) is 4.90 Å². The highest BCUT2D eigenvalue weighted by Gasteiger charge is 2.17. The van der Waals surface area contributed by atoms with Crippen molar-refractivity contribution in [2.75, 3.05) is 31.8 Å². The Morgan fingerprint density at radius 2 is 1.88 bits per heavy atom. The van der Waals surface area contributed by atoms with Crippen molar-refractivity contribution < 1.29 is 14.3 Å². The largest absolute Gasteiger partial charge is 0.497 e. The smallest absolute Gasteiger partial charge is 0.254 e. The zero-order valence-electron chi connectivity index (χ0n) is 15.3. The summed E-state index contributed by atoms with van der Waals surface area (Å²) in [7, 11) is 1.59. The van der Waals surface area contributed by atoms with Crippen molar-refractivity contribution in [3.05, 3.63) is 59.7 Å². The maximum absolute atomic E-state index is 12.7. The summed E-state index contributed by atoms with van der Waals surface area (Å²) >= 11 is 1.71. The van der Waals surface area contributed by atoms with Crippen LogP contribution in [0.3, 0.4) is 0 Å². The maximum atomic E-state index is 12.7. The van der Waals surface area contributed by atoms with Crippen molar-refractivity contribution in [1.29, 1.82) is 0 Å². The Bertz CT molecular complexity index is 747. The first kappa shape index (κ1) is 19.8. The number of carbonyl (C=O) groups excluding carboxylic acids is 2. The molecule has 0 aliphatic heterocycles. The Labute approximate surface area is 158 Å². The number of nitrogens with zero attached hydrogens (tertiary/aromatic N) is 1. The molecule has 0 saturated heterocycles. The Hall–Kier alpha value is -2.47. The van der Waals surface area contributed by atoms with Crippen molar-refractivity contribution in [2.24, 2.45) is 0 Å². The normalized spacial score (nSPS) is 10.3. The van der Waals surface area contributed by atoms with Crippen LogP contribution in [-0.4, -0.2) is 43.2 Å². The van der Waals surface area contributed by atoms with E-state index in [2.05, 4.69) is 5.32 Å². The Kier molecular flexibility index (Phi) is 7.53. The van der Waals surface area contributed by atoms with Crippen LogP contribution in [-0.2, 0) is 10.5 Å². The zero-order chi connectivity index (χ0) is 18.9. The van der Waals surface area contributed by atoms with Crippen molar-refractivity contribution in [3.63, 3.8) is 0 Å². The highest BCUT2D eigenvalue weighted by molar-refractivity contribution is 7.97. The van der Waals surface area contributed by atoms with Gasteiger partial charge in [0.05, 0.1) is 7.11 Å². The monoisotopic (exact) mass is 372 g/mol. The zero-order valence-corrected chi connectivity index (χ0v) is 16.1. The number of methoxy groups -OCH3 is 1. The van der Waals surface area contributed by atoms with E-state index in [9.17, 15) is 9.59 Å². The van der Waals surface area contributed by atoms with Crippen LogP contribution in [0.1, 0.15) is 22.8 Å². The van der Waals surface area contributed by atoms with Crippen LogP contribution >= 0.6 is 11.8 Å². The van der Waals surface area contributed by atoms with Gasteiger partial charge in [0.1, 0.15) is 12.3 Å². The molecule has 2 amide bonds. The number of hydrogen-bond acceptors (Lipinski definition) is 4. The lowest BCUT2D eigenvalue weighted by atomic mass is 10.1. The van der Waals surface area contributed by atoms with Gasteiger partial charge in [0.15, 0.2) is 0 Å². The van der Waals surface area contributed by atoms with Gasteiger partial charge in [-0.1, -0.05) is 12.1 Å². The van der Waals surface area contributed by atoms with Gasteiger partial charge >= 0.3 is 0 Å². The Balaban J connectivity index is 2.01. The lowest BCUT2D eigenvalue weighted by molar-refractivity contribution is -0.116. The second-order valence-corrected chi connectivity index (χ2v) is 6.60. The van der Waals surface area contributed by atoms with Gasteiger partial charge in [0.2, 0.25) is 5.91 Å². The van der Waals surface area contributed by atoms with Gasteiger partial charge in [-0.15, -0.1) is 0 Å².